The molecular formula is C22H27N3O5. The maximum absolute atomic E-state index is 12.5. The standard InChI is InChI=1S/C22H27N3O5/c1-22(2,3)30-21(28)23-13-12-19(26)24-17-10-5-6-11-18(17)25-20(27)15-8-7-9-16(14-15)29-4/h5-11,14H,12-13H2,1-4H3,(H,23,28)(H,24,26)(H,25,27). The van der Waals surface area contributed by atoms with Gasteiger partial charge in [-0.05, 0) is 51.1 Å². The number of rotatable bonds is 7. The van der Waals surface area contributed by atoms with Crippen molar-refractivity contribution in [2.24, 2.45) is 0 Å². The van der Waals surface area contributed by atoms with Crippen LogP contribution in [-0.2, 0) is 9.53 Å². The van der Waals surface area contributed by atoms with Crippen molar-refractivity contribution >= 4 is 29.3 Å². The maximum atomic E-state index is 12.5. The van der Waals surface area contributed by atoms with Crippen molar-refractivity contribution in [2.75, 3.05) is 24.3 Å². The minimum absolute atomic E-state index is 0.0530. The van der Waals surface area contributed by atoms with Crippen LogP contribution in [0.5, 0.6) is 5.75 Å². The predicted molar refractivity (Wildman–Crippen MR) is 115 cm³/mol. The molecule has 3 N–H and O–H groups in total. The molecular weight excluding hydrogens is 386 g/mol. The molecule has 0 aliphatic rings. The highest BCUT2D eigenvalue weighted by Crippen LogP contribution is 2.22. The van der Waals surface area contributed by atoms with Crippen LogP contribution in [0.25, 0.3) is 0 Å². The highest BCUT2D eigenvalue weighted by atomic mass is 16.6. The lowest BCUT2D eigenvalue weighted by Gasteiger charge is -2.19. The summed E-state index contributed by atoms with van der Waals surface area (Å²) in [6.45, 7) is 5.40. The zero-order valence-electron chi connectivity index (χ0n) is 17.6. The zero-order valence-corrected chi connectivity index (χ0v) is 17.6. The minimum Gasteiger partial charge on any atom is -0.497 e. The van der Waals surface area contributed by atoms with Gasteiger partial charge in [0.2, 0.25) is 5.91 Å². The molecule has 0 radical (unpaired) electrons. The number of carbonyl (C=O) groups excluding carboxylic acids is 3. The van der Waals surface area contributed by atoms with E-state index in [1.807, 2.05) is 0 Å². The fraction of sp³-hybridized carbons (Fsp3) is 0.318. The van der Waals surface area contributed by atoms with Gasteiger partial charge in [-0.3, -0.25) is 9.59 Å². The van der Waals surface area contributed by atoms with Gasteiger partial charge in [0, 0.05) is 18.5 Å². The van der Waals surface area contributed by atoms with Crippen LogP contribution in [0, 0.1) is 0 Å². The number of carbonyl (C=O) groups is 3. The summed E-state index contributed by atoms with van der Waals surface area (Å²) in [6.07, 6.45) is -0.529. The molecule has 0 unspecified atom stereocenters. The Morgan fingerprint density at radius 1 is 0.933 bits per heavy atom. The summed E-state index contributed by atoms with van der Waals surface area (Å²) in [7, 11) is 1.53. The Bertz CT molecular complexity index is 906. The van der Waals surface area contributed by atoms with E-state index in [2.05, 4.69) is 16.0 Å². The summed E-state index contributed by atoms with van der Waals surface area (Å²) in [5.74, 6) is -0.0712. The van der Waals surface area contributed by atoms with E-state index in [4.69, 9.17) is 9.47 Å². The predicted octanol–water partition coefficient (Wildman–Crippen LogP) is 3.80. The number of methoxy groups -OCH3 is 1. The molecule has 0 aliphatic heterocycles. The summed E-state index contributed by atoms with van der Waals surface area (Å²) in [5, 5.41) is 8.06. The van der Waals surface area contributed by atoms with Crippen molar-refractivity contribution in [1.82, 2.24) is 5.32 Å². The molecule has 0 heterocycles. The molecule has 0 saturated carbocycles. The number of anilines is 2. The number of hydrogen-bond donors (Lipinski definition) is 3. The fourth-order valence-corrected chi connectivity index (χ4v) is 2.46. The van der Waals surface area contributed by atoms with E-state index in [1.165, 1.54) is 7.11 Å². The van der Waals surface area contributed by atoms with Crippen molar-refractivity contribution in [3.63, 3.8) is 0 Å². The van der Waals surface area contributed by atoms with Gasteiger partial charge in [0.1, 0.15) is 11.4 Å². The van der Waals surface area contributed by atoms with Gasteiger partial charge < -0.3 is 25.4 Å². The summed E-state index contributed by atoms with van der Waals surface area (Å²) in [5.41, 5.74) is 0.735. The molecule has 8 heteroatoms. The summed E-state index contributed by atoms with van der Waals surface area (Å²) >= 11 is 0. The molecule has 0 spiro atoms. The van der Waals surface area contributed by atoms with Crippen LogP contribution in [0.15, 0.2) is 48.5 Å². The van der Waals surface area contributed by atoms with E-state index in [0.717, 1.165) is 0 Å². The minimum atomic E-state index is -0.605. The second-order valence-electron chi connectivity index (χ2n) is 7.46. The summed E-state index contributed by atoms with van der Waals surface area (Å²) < 4.78 is 10.3. The van der Waals surface area contributed by atoms with Crippen LogP contribution < -0.4 is 20.7 Å². The van der Waals surface area contributed by atoms with Gasteiger partial charge in [-0.1, -0.05) is 18.2 Å². The molecule has 0 atom stereocenters. The molecule has 2 aromatic rings. The lowest BCUT2D eigenvalue weighted by Crippen LogP contribution is -2.34. The van der Waals surface area contributed by atoms with Crippen LogP contribution in [0.2, 0.25) is 0 Å². The highest BCUT2D eigenvalue weighted by molar-refractivity contribution is 6.07. The molecule has 0 bridgehead atoms. The van der Waals surface area contributed by atoms with E-state index >= 15 is 0 Å². The summed E-state index contributed by atoms with van der Waals surface area (Å²) in [4.78, 5) is 36.4. The maximum Gasteiger partial charge on any atom is 0.407 e. The molecule has 2 rings (SSSR count). The molecule has 0 fully saturated rings. The van der Waals surface area contributed by atoms with E-state index in [1.54, 1.807) is 69.3 Å². The number of alkyl carbamates (subject to hydrolysis) is 1. The molecule has 30 heavy (non-hydrogen) atoms. The Morgan fingerprint density at radius 2 is 1.60 bits per heavy atom. The number of hydrogen-bond acceptors (Lipinski definition) is 5. The fourth-order valence-electron chi connectivity index (χ4n) is 2.46. The summed E-state index contributed by atoms with van der Waals surface area (Å²) in [6, 6.07) is 13.6. The van der Waals surface area contributed by atoms with Gasteiger partial charge in [0.05, 0.1) is 18.5 Å². The van der Waals surface area contributed by atoms with Gasteiger partial charge in [-0.15, -0.1) is 0 Å². The third-order valence-electron chi connectivity index (χ3n) is 3.80. The second kappa shape index (κ2) is 10.3. The quantitative estimate of drug-likeness (QED) is 0.640. The Morgan fingerprint density at radius 3 is 2.23 bits per heavy atom. The second-order valence-corrected chi connectivity index (χ2v) is 7.46. The Hall–Kier alpha value is -3.55. The van der Waals surface area contributed by atoms with E-state index in [-0.39, 0.29) is 24.8 Å². The molecule has 3 amide bonds. The molecule has 0 aromatic heterocycles. The van der Waals surface area contributed by atoms with Gasteiger partial charge in [0.15, 0.2) is 0 Å². The van der Waals surface area contributed by atoms with Gasteiger partial charge >= 0.3 is 6.09 Å². The number of para-hydroxylation sites is 2. The monoisotopic (exact) mass is 413 g/mol. The van der Waals surface area contributed by atoms with Crippen molar-refractivity contribution in [2.45, 2.75) is 32.8 Å². The lowest BCUT2D eigenvalue weighted by atomic mass is 10.2. The van der Waals surface area contributed by atoms with Crippen LogP contribution in [0.4, 0.5) is 16.2 Å². The number of ether oxygens (including phenoxy) is 2. The van der Waals surface area contributed by atoms with Crippen LogP contribution in [0.3, 0.4) is 0 Å². The van der Waals surface area contributed by atoms with Crippen LogP contribution in [-0.4, -0.2) is 37.2 Å². The topological polar surface area (TPSA) is 106 Å². The first kappa shape index (κ1) is 22.7. The van der Waals surface area contributed by atoms with E-state index < -0.39 is 11.7 Å². The number of amides is 3. The van der Waals surface area contributed by atoms with Crippen LogP contribution in [0.1, 0.15) is 37.6 Å². The van der Waals surface area contributed by atoms with E-state index in [9.17, 15) is 14.4 Å². The number of nitrogens with one attached hydrogen (secondary N) is 3. The van der Waals surface area contributed by atoms with E-state index in [0.29, 0.717) is 22.7 Å². The third-order valence-corrected chi connectivity index (χ3v) is 3.80. The smallest absolute Gasteiger partial charge is 0.407 e. The first-order valence-electron chi connectivity index (χ1n) is 9.49. The molecule has 160 valence electrons. The third kappa shape index (κ3) is 7.46. The van der Waals surface area contributed by atoms with Gasteiger partial charge in [-0.2, -0.15) is 0 Å². The van der Waals surface area contributed by atoms with Crippen molar-refractivity contribution < 1.29 is 23.9 Å². The zero-order chi connectivity index (χ0) is 22.1. The first-order chi connectivity index (χ1) is 14.2. The number of benzene rings is 2. The van der Waals surface area contributed by atoms with Crippen molar-refractivity contribution in [3.8, 4) is 5.75 Å². The Kier molecular flexibility index (Phi) is 7.80. The van der Waals surface area contributed by atoms with Crippen molar-refractivity contribution in [1.29, 1.82) is 0 Å². The van der Waals surface area contributed by atoms with Gasteiger partial charge in [-0.25, -0.2) is 4.79 Å². The highest BCUT2D eigenvalue weighted by Gasteiger charge is 2.16. The average molecular weight is 413 g/mol. The normalized spacial score (nSPS) is 10.7. The van der Waals surface area contributed by atoms with Gasteiger partial charge in [0.25, 0.3) is 5.91 Å². The molecule has 8 nitrogen and oxygen atoms in total. The van der Waals surface area contributed by atoms with Crippen molar-refractivity contribution in [3.05, 3.63) is 54.1 Å². The molecule has 0 saturated heterocycles. The lowest BCUT2D eigenvalue weighted by molar-refractivity contribution is -0.116. The van der Waals surface area contributed by atoms with Crippen LogP contribution >= 0.6 is 0 Å². The SMILES string of the molecule is COc1cccc(C(=O)Nc2ccccc2NC(=O)CCNC(=O)OC(C)(C)C)c1. The average Bonchev–Trinajstić information content (AvgIpc) is 2.68. The molecule has 0 aliphatic carbocycles. The Labute approximate surface area is 175 Å². The Balaban J connectivity index is 1.93. The largest absolute Gasteiger partial charge is 0.497 e. The molecule has 2 aromatic carbocycles. The first-order valence-corrected chi connectivity index (χ1v) is 9.49.